The zero-order valence-corrected chi connectivity index (χ0v) is 32.2. The van der Waals surface area contributed by atoms with Crippen molar-refractivity contribution >= 4 is 17.5 Å². The van der Waals surface area contributed by atoms with E-state index in [9.17, 15) is 10.2 Å². The lowest BCUT2D eigenvalue weighted by Crippen LogP contribution is -2.46. The molecule has 0 unspecified atom stereocenters. The van der Waals surface area contributed by atoms with Gasteiger partial charge in [0.1, 0.15) is 30.1 Å². The van der Waals surface area contributed by atoms with E-state index in [1.165, 1.54) is 0 Å². The summed E-state index contributed by atoms with van der Waals surface area (Å²) in [6.07, 6.45) is 12.9. The van der Waals surface area contributed by atoms with E-state index in [0.29, 0.717) is 50.5 Å². The molecule has 1 aromatic carbocycles. The van der Waals surface area contributed by atoms with Gasteiger partial charge >= 0.3 is 0 Å². The number of hydrogen-bond acceptors (Lipinski definition) is 11. The van der Waals surface area contributed by atoms with Crippen molar-refractivity contribution in [2.45, 2.75) is 70.8 Å². The molecular formula is C45H49N9O2. The molecule has 0 aliphatic carbocycles. The van der Waals surface area contributed by atoms with E-state index in [-0.39, 0.29) is 6.61 Å². The van der Waals surface area contributed by atoms with E-state index < -0.39 is 5.60 Å². The molecule has 56 heavy (non-hydrogen) atoms. The molecule has 0 radical (unpaired) electrons. The molecule has 4 N–H and O–H groups in total. The van der Waals surface area contributed by atoms with Crippen LogP contribution in [-0.2, 0) is 19.3 Å². The molecule has 0 spiro atoms. The fourth-order valence-corrected chi connectivity index (χ4v) is 7.61. The van der Waals surface area contributed by atoms with Crippen molar-refractivity contribution in [3.8, 4) is 23.7 Å². The third-order valence-electron chi connectivity index (χ3n) is 10.9. The van der Waals surface area contributed by atoms with Gasteiger partial charge < -0.3 is 25.7 Å². The van der Waals surface area contributed by atoms with E-state index in [2.05, 4.69) is 89.6 Å². The van der Waals surface area contributed by atoms with Crippen LogP contribution in [-0.4, -0.2) is 78.5 Å². The van der Waals surface area contributed by atoms with Crippen LogP contribution in [0.15, 0.2) is 73.6 Å². The molecule has 286 valence electrons. The molecule has 0 bridgehead atoms. The minimum absolute atomic E-state index is 0.246. The highest BCUT2D eigenvalue weighted by molar-refractivity contribution is 5.60. The SMILES string of the molecule is CCc1ncnc(N2CCC(CCO)CC2)c1C#Cc1ccc(Cc2cccc(CC3(O)CCN(c4ncnc(C)c4C#Cc4ccc(N)nc4)CC3)c2)nc1. The monoisotopic (exact) mass is 747 g/mol. The summed E-state index contributed by atoms with van der Waals surface area (Å²) in [5.74, 6) is 15.8. The number of nitrogens with zero attached hydrogens (tertiary/aromatic N) is 8. The standard InChI is InChI=1S/C45H49N9O2/c1-3-41-40(44(52-31-50-41)53-20-15-33(16-21-53)17-24-55)13-9-34-7-11-38(47-28-34)26-36-5-4-6-37(25-36)27-45(56)18-22-54(23-19-45)43-39(32(2)49-30-51-43)12-8-35-10-14-42(46)48-29-35/h4-7,10-11,14,25,28-31,33,55-56H,3,15-24,26-27H2,1-2H3,(H2,46,48). The van der Waals surface area contributed by atoms with Crippen LogP contribution in [0.25, 0.3) is 0 Å². The molecule has 6 heterocycles. The number of hydrogen-bond donors (Lipinski definition) is 3. The third kappa shape index (κ3) is 9.49. The van der Waals surface area contributed by atoms with Crippen LogP contribution in [0.3, 0.4) is 0 Å². The molecule has 4 aromatic heterocycles. The number of benzene rings is 1. The molecular weight excluding hydrogens is 699 g/mol. The normalized spacial score (nSPS) is 15.4. The molecule has 11 nitrogen and oxygen atoms in total. The summed E-state index contributed by atoms with van der Waals surface area (Å²) in [5.41, 5.74) is 13.1. The second-order valence-corrected chi connectivity index (χ2v) is 14.9. The Morgan fingerprint density at radius 1 is 0.768 bits per heavy atom. The number of piperidine rings is 2. The fourth-order valence-electron chi connectivity index (χ4n) is 7.61. The zero-order valence-electron chi connectivity index (χ0n) is 32.2. The summed E-state index contributed by atoms with van der Waals surface area (Å²) in [7, 11) is 0. The van der Waals surface area contributed by atoms with Crippen molar-refractivity contribution in [2.24, 2.45) is 5.92 Å². The summed E-state index contributed by atoms with van der Waals surface area (Å²) in [5, 5.41) is 21.1. The minimum atomic E-state index is -0.825. The molecule has 5 aromatic rings. The number of rotatable bonds is 9. The van der Waals surface area contributed by atoms with E-state index in [1.807, 2.05) is 31.3 Å². The van der Waals surface area contributed by atoms with Crippen molar-refractivity contribution < 1.29 is 10.2 Å². The summed E-state index contributed by atoms with van der Waals surface area (Å²) in [4.78, 5) is 31.6. The predicted molar refractivity (Wildman–Crippen MR) is 219 cm³/mol. The van der Waals surface area contributed by atoms with Crippen molar-refractivity contribution in [3.63, 3.8) is 0 Å². The van der Waals surface area contributed by atoms with Crippen LogP contribution in [0, 0.1) is 36.5 Å². The lowest BCUT2D eigenvalue weighted by molar-refractivity contribution is 0.0164. The van der Waals surface area contributed by atoms with Gasteiger partial charge in [-0.15, -0.1) is 0 Å². The van der Waals surface area contributed by atoms with Crippen LogP contribution in [0.1, 0.15) is 89.5 Å². The maximum Gasteiger partial charge on any atom is 0.148 e. The number of aryl methyl sites for hydroxylation is 2. The fraction of sp³-hybridized carbons (Fsp3) is 0.378. The maximum absolute atomic E-state index is 11.7. The first-order valence-corrected chi connectivity index (χ1v) is 19.6. The first-order valence-electron chi connectivity index (χ1n) is 19.6. The van der Waals surface area contributed by atoms with Crippen LogP contribution < -0.4 is 15.5 Å². The van der Waals surface area contributed by atoms with Gasteiger partial charge in [0.2, 0.25) is 0 Å². The predicted octanol–water partition coefficient (Wildman–Crippen LogP) is 5.07. The molecule has 7 rings (SSSR count). The van der Waals surface area contributed by atoms with E-state index >= 15 is 0 Å². The van der Waals surface area contributed by atoms with Gasteiger partial charge in [0.05, 0.1) is 28.1 Å². The Morgan fingerprint density at radius 2 is 1.43 bits per heavy atom. The zero-order chi connectivity index (χ0) is 38.9. The largest absolute Gasteiger partial charge is 0.396 e. The number of nitrogens with two attached hydrogens (primary N) is 1. The maximum atomic E-state index is 11.7. The molecule has 2 saturated heterocycles. The van der Waals surface area contributed by atoms with Crippen molar-refractivity contribution in [1.82, 2.24) is 29.9 Å². The average molecular weight is 748 g/mol. The quantitative estimate of drug-likeness (QED) is 0.174. The number of aromatic nitrogens is 6. The lowest BCUT2D eigenvalue weighted by Gasteiger charge is -2.39. The Kier molecular flexibility index (Phi) is 12.1. The first kappa shape index (κ1) is 38.4. The Labute approximate surface area is 329 Å². The molecule has 2 fully saturated rings. The Balaban J connectivity index is 0.973. The van der Waals surface area contributed by atoms with Crippen molar-refractivity contribution in [3.05, 3.63) is 124 Å². The first-order chi connectivity index (χ1) is 27.3. The number of nitrogen functional groups attached to an aromatic ring is 1. The number of anilines is 3. The van der Waals surface area contributed by atoms with E-state index in [1.54, 1.807) is 24.9 Å². The summed E-state index contributed by atoms with van der Waals surface area (Å²) >= 11 is 0. The highest BCUT2D eigenvalue weighted by Gasteiger charge is 2.34. The van der Waals surface area contributed by atoms with Gasteiger partial charge in [-0.1, -0.05) is 54.9 Å². The Morgan fingerprint density at radius 3 is 2.11 bits per heavy atom. The molecule has 2 aliphatic rings. The van der Waals surface area contributed by atoms with Gasteiger partial charge in [-0.3, -0.25) is 4.98 Å². The van der Waals surface area contributed by atoms with Gasteiger partial charge in [0, 0.05) is 74.8 Å². The Bertz CT molecular complexity index is 2240. The average Bonchev–Trinajstić information content (AvgIpc) is 3.21. The molecule has 2 aliphatic heterocycles. The van der Waals surface area contributed by atoms with Gasteiger partial charge in [0.25, 0.3) is 0 Å². The second kappa shape index (κ2) is 17.7. The van der Waals surface area contributed by atoms with E-state index in [4.69, 9.17) is 10.7 Å². The smallest absolute Gasteiger partial charge is 0.148 e. The van der Waals surface area contributed by atoms with E-state index in [0.717, 1.165) is 101 Å². The van der Waals surface area contributed by atoms with Gasteiger partial charge in [-0.2, -0.15) is 0 Å². The topological polar surface area (TPSA) is 150 Å². The second-order valence-electron chi connectivity index (χ2n) is 14.9. The minimum Gasteiger partial charge on any atom is -0.396 e. The van der Waals surface area contributed by atoms with Crippen LogP contribution in [0.2, 0.25) is 0 Å². The molecule has 0 atom stereocenters. The highest BCUT2D eigenvalue weighted by Crippen LogP contribution is 2.31. The summed E-state index contributed by atoms with van der Waals surface area (Å²) in [6.45, 7) is 7.40. The van der Waals surface area contributed by atoms with Crippen molar-refractivity contribution in [1.29, 1.82) is 0 Å². The van der Waals surface area contributed by atoms with Crippen LogP contribution in [0.4, 0.5) is 17.5 Å². The van der Waals surface area contributed by atoms with Crippen molar-refractivity contribution in [2.75, 3.05) is 48.3 Å². The van der Waals surface area contributed by atoms with Gasteiger partial charge in [-0.05, 0) is 86.8 Å². The number of aliphatic hydroxyl groups excluding tert-OH is 1. The number of pyridine rings is 2. The van der Waals surface area contributed by atoms with Crippen LogP contribution in [0.5, 0.6) is 0 Å². The molecule has 0 saturated carbocycles. The highest BCUT2D eigenvalue weighted by atomic mass is 16.3. The Hall–Kier alpha value is -5.88. The van der Waals surface area contributed by atoms with Gasteiger partial charge in [-0.25, -0.2) is 24.9 Å². The van der Waals surface area contributed by atoms with Gasteiger partial charge in [0.15, 0.2) is 0 Å². The third-order valence-corrected chi connectivity index (χ3v) is 10.9. The summed E-state index contributed by atoms with van der Waals surface area (Å²) < 4.78 is 0. The molecule has 11 heteroatoms. The molecule has 0 amide bonds. The van der Waals surface area contributed by atoms with Crippen LogP contribution >= 0.6 is 0 Å². The lowest BCUT2D eigenvalue weighted by atomic mass is 9.84. The number of aliphatic hydroxyl groups is 2. The summed E-state index contributed by atoms with van der Waals surface area (Å²) in [6, 6.07) is 16.1.